The molecule has 12 heteroatoms. The van der Waals surface area contributed by atoms with Gasteiger partial charge in [-0.2, -0.15) is 0 Å². The third-order valence-electron chi connectivity index (χ3n) is 5.37. The van der Waals surface area contributed by atoms with Crippen LogP contribution in [0, 0.1) is 25.3 Å². The van der Waals surface area contributed by atoms with Crippen LogP contribution < -0.4 is 42.6 Å². The number of nitrogens with two attached hydrogens (primary N) is 1. The first kappa shape index (κ1) is 26.5. The summed E-state index contributed by atoms with van der Waals surface area (Å²) in [5.41, 5.74) is 7.53. The summed E-state index contributed by atoms with van der Waals surface area (Å²) < 4.78 is 22.2. The predicted molar refractivity (Wildman–Crippen MR) is 138 cm³/mol. The van der Waals surface area contributed by atoms with Crippen molar-refractivity contribution in [3.05, 3.63) is 89.1 Å². The van der Waals surface area contributed by atoms with E-state index in [0.29, 0.717) is 26.6 Å². The van der Waals surface area contributed by atoms with Gasteiger partial charge in [-0.25, -0.2) is 0 Å². The minimum absolute atomic E-state index is 0.0745. The molecule has 0 saturated heterocycles. The normalized spacial score (nSPS) is 10.9. The van der Waals surface area contributed by atoms with E-state index in [1.165, 1.54) is 37.1 Å². The number of nitrogens with zero attached hydrogens (tertiary/aromatic N) is 4. The first-order valence-corrected chi connectivity index (χ1v) is 13.6. The molecule has 0 saturated carbocycles. The Bertz CT molecular complexity index is 1560. The molecule has 192 valence electrons. The van der Waals surface area contributed by atoms with E-state index in [1.807, 2.05) is 31.2 Å². The van der Waals surface area contributed by atoms with Gasteiger partial charge in [0, 0.05) is 0 Å². The molecule has 4 N–H and O–H groups in total. The van der Waals surface area contributed by atoms with Gasteiger partial charge in [0.25, 0.3) is 0 Å². The number of methoxy groups -OCH3 is 1. The quantitative estimate of drug-likeness (QED) is 0.0963. The molecule has 0 amide bonds. The SMILES string of the molecule is COc1cc(F)cc([I-]c2c(N)ncnc2NCc2nc(S)c(C(C)=N)c(=O)n2-c2ccccc2C)c1. The van der Waals surface area contributed by atoms with E-state index in [2.05, 4.69) is 32.9 Å². The molecular formula is C25H24FIN7O2S-. The zero-order chi connectivity index (χ0) is 26.7. The summed E-state index contributed by atoms with van der Waals surface area (Å²) in [6.07, 6.45) is 1.34. The molecule has 0 fully saturated rings. The Balaban J connectivity index is 1.75. The number of aromatic nitrogens is 4. The number of hydrogen-bond donors (Lipinski definition) is 4. The fraction of sp³-hybridized carbons (Fsp3) is 0.160. The average molecular weight is 632 g/mol. The van der Waals surface area contributed by atoms with Gasteiger partial charge in [0.15, 0.2) is 0 Å². The molecule has 0 atom stereocenters. The van der Waals surface area contributed by atoms with Gasteiger partial charge in [0.2, 0.25) is 0 Å². The summed E-state index contributed by atoms with van der Waals surface area (Å²) in [5.74, 6) is 1.12. The molecule has 0 bridgehead atoms. The number of ether oxygens (including phenoxy) is 1. The molecule has 2 aromatic heterocycles. The number of anilines is 2. The van der Waals surface area contributed by atoms with Crippen molar-refractivity contribution in [2.24, 2.45) is 0 Å². The molecule has 0 unspecified atom stereocenters. The van der Waals surface area contributed by atoms with Crippen molar-refractivity contribution in [3.8, 4) is 11.4 Å². The summed E-state index contributed by atoms with van der Waals surface area (Å²) >= 11 is 3.41. The maximum atomic E-state index is 14.1. The molecule has 0 radical (unpaired) electrons. The van der Waals surface area contributed by atoms with Crippen LogP contribution in [0.2, 0.25) is 0 Å². The number of nitrogens with one attached hydrogen (secondary N) is 2. The van der Waals surface area contributed by atoms with Crippen LogP contribution in [0.4, 0.5) is 16.0 Å². The van der Waals surface area contributed by atoms with Gasteiger partial charge in [-0.05, 0) is 0 Å². The molecule has 0 aliphatic rings. The van der Waals surface area contributed by atoms with Crippen LogP contribution in [0.3, 0.4) is 0 Å². The Labute approximate surface area is 228 Å². The number of para-hydroxylation sites is 1. The van der Waals surface area contributed by atoms with Crippen LogP contribution in [0.5, 0.6) is 5.75 Å². The number of halogens is 2. The summed E-state index contributed by atoms with van der Waals surface area (Å²) in [7, 11) is 1.48. The van der Waals surface area contributed by atoms with Crippen molar-refractivity contribution in [1.29, 1.82) is 5.41 Å². The summed E-state index contributed by atoms with van der Waals surface area (Å²) in [6, 6.07) is 11.9. The van der Waals surface area contributed by atoms with Gasteiger partial charge < -0.3 is 0 Å². The molecule has 2 aromatic carbocycles. The summed E-state index contributed by atoms with van der Waals surface area (Å²) in [4.78, 5) is 26.5. The van der Waals surface area contributed by atoms with Crippen molar-refractivity contribution in [2.75, 3.05) is 18.2 Å². The Morgan fingerprint density at radius 2 is 2.03 bits per heavy atom. The van der Waals surface area contributed by atoms with Crippen molar-refractivity contribution in [2.45, 2.75) is 25.4 Å². The van der Waals surface area contributed by atoms with E-state index < -0.39 is 27.0 Å². The van der Waals surface area contributed by atoms with Crippen LogP contribution in [-0.2, 0) is 6.54 Å². The second-order valence-corrected chi connectivity index (χ2v) is 11.2. The van der Waals surface area contributed by atoms with Crippen LogP contribution in [0.25, 0.3) is 5.69 Å². The summed E-state index contributed by atoms with van der Waals surface area (Å²) in [5, 5.41) is 11.5. The fourth-order valence-electron chi connectivity index (χ4n) is 3.63. The topological polar surface area (TPSA) is 132 Å². The van der Waals surface area contributed by atoms with Crippen LogP contribution in [0.15, 0.2) is 58.6 Å². The third kappa shape index (κ3) is 5.74. The molecule has 4 rings (SSSR count). The number of nitrogen functional groups attached to an aromatic ring is 1. The Kier molecular flexibility index (Phi) is 8.07. The average Bonchev–Trinajstić information content (AvgIpc) is 2.84. The van der Waals surface area contributed by atoms with Crippen molar-refractivity contribution < 1.29 is 30.3 Å². The van der Waals surface area contributed by atoms with Crippen molar-refractivity contribution in [1.82, 2.24) is 19.5 Å². The molecule has 2 heterocycles. The zero-order valence-corrected chi connectivity index (χ0v) is 23.3. The minimum atomic E-state index is -0.986. The van der Waals surface area contributed by atoms with E-state index in [0.717, 1.165) is 9.13 Å². The second-order valence-electron chi connectivity index (χ2n) is 7.96. The molecule has 4 aromatic rings. The predicted octanol–water partition coefficient (Wildman–Crippen LogP) is 0.478. The monoisotopic (exact) mass is 632 g/mol. The molecule has 37 heavy (non-hydrogen) atoms. The molecule has 9 nitrogen and oxygen atoms in total. The van der Waals surface area contributed by atoms with Crippen LogP contribution in [-0.4, -0.2) is 32.3 Å². The maximum absolute atomic E-state index is 14.1. The van der Waals surface area contributed by atoms with Gasteiger partial charge in [-0.3, -0.25) is 0 Å². The van der Waals surface area contributed by atoms with E-state index in [9.17, 15) is 9.18 Å². The van der Waals surface area contributed by atoms with Gasteiger partial charge in [-0.1, -0.05) is 0 Å². The van der Waals surface area contributed by atoms with E-state index in [1.54, 1.807) is 6.07 Å². The number of thiol groups is 1. The number of rotatable bonds is 8. The number of aryl methyl sites for hydroxylation is 1. The van der Waals surface area contributed by atoms with Crippen molar-refractivity contribution >= 4 is 30.0 Å². The van der Waals surface area contributed by atoms with Gasteiger partial charge >= 0.3 is 229 Å². The van der Waals surface area contributed by atoms with Crippen molar-refractivity contribution in [3.63, 3.8) is 0 Å². The van der Waals surface area contributed by atoms with E-state index in [4.69, 9.17) is 15.9 Å². The number of hydrogen-bond acceptors (Lipinski definition) is 9. The Hall–Kier alpha value is -3.52. The fourth-order valence-corrected chi connectivity index (χ4v) is 6.55. The molecule has 0 spiro atoms. The first-order chi connectivity index (χ1) is 17.7. The Morgan fingerprint density at radius 1 is 1.27 bits per heavy atom. The standard InChI is InChI=1S/C25H24FIN7O2S/c1-13-6-4-5-7-18(13)34-19(33-24(37)20(14(2)28)25(34)35)11-30-23-21(22(29)31-12-32-23)27-16-8-15(26)9-17(10-16)36-3/h4-10,12,28,37H,11H2,1-3H3,(H3,29,30,31,32)/q-1. The van der Waals surface area contributed by atoms with Crippen LogP contribution >= 0.6 is 12.6 Å². The third-order valence-corrected chi connectivity index (χ3v) is 8.54. The Morgan fingerprint density at radius 3 is 2.73 bits per heavy atom. The first-order valence-electron chi connectivity index (χ1n) is 11.0. The second kappa shape index (κ2) is 11.3. The van der Waals surface area contributed by atoms with Crippen LogP contribution in [0.1, 0.15) is 23.9 Å². The zero-order valence-electron chi connectivity index (χ0n) is 20.2. The molecule has 0 aliphatic carbocycles. The molecular weight excluding hydrogens is 608 g/mol. The number of benzene rings is 2. The van der Waals surface area contributed by atoms with E-state index >= 15 is 0 Å². The van der Waals surface area contributed by atoms with E-state index in [-0.39, 0.29) is 34.2 Å². The van der Waals surface area contributed by atoms with Gasteiger partial charge in [0.1, 0.15) is 0 Å². The van der Waals surface area contributed by atoms with Gasteiger partial charge in [0.05, 0.1) is 0 Å². The summed E-state index contributed by atoms with van der Waals surface area (Å²) in [6.45, 7) is 3.53. The molecule has 0 aliphatic heterocycles. The van der Waals surface area contributed by atoms with Gasteiger partial charge in [-0.15, -0.1) is 0 Å².